The molecule has 0 aliphatic carbocycles. The van der Waals surface area contributed by atoms with Gasteiger partial charge in [-0.15, -0.1) is 11.3 Å². The Kier molecular flexibility index (Phi) is 5.40. The number of hydrogen-bond donors (Lipinski definition) is 1. The van der Waals surface area contributed by atoms with Crippen LogP contribution in [0.15, 0.2) is 29.1 Å². The number of halogens is 1. The second-order valence-corrected chi connectivity index (χ2v) is 6.08. The summed E-state index contributed by atoms with van der Waals surface area (Å²) in [5.74, 6) is 0. The average molecular weight is 310 g/mol. The quantitative estimate of drug-likeness (QED) is 0.884. The molecule has 2 aromatic rings. The van der Waals surface area contributed by atoms with Gasteiger partial charge in [-0.25, -0.2) is 4.98 Å². The molecule has 2 rings (SSSR count). The number of thiazole rings is 1. The Morgan fingerprint density at radius 3 is 2.90 bits per heavy atom. The molecule has 5 heteroatoms. The predicted octanol–water partition coefficient (Wildman–Crippen LogP) is 3.71. The Hall–Kier alpha value is -1.10. The van der Waals surface area contributed by atoms with Crippen LogP contribution in [0.4, 0.5) is 5.69 Å². The summed E-state index contributed by atoms with van der Waals surface area (Å²) in [6.07, 6.45) is 1.80. The van der Waals surface area contributed by atoms with Crippen LogP contribution in [0.25, 0.3) is 0 Å². The maximum Gasteiger partial charge on any atom is 0.0795 e. The maximum atomic E-state index is 6.39. The van der Waals surface area contributed by atoms with E-state index in [-0.39, 0.29) is 6.04 Å². The van der Waals surface area contributed by atoms with Crippen molar-refractivity contribution in [1.29, 1.82) is 0 Å². The predicted molar refractivity (Wildman–Crippen MR) is 87.6 cm³/mol. The monoisotopic (exact) mass is 309 g/mol. The number of aromatic nitrogens is 1. The van der Waals surface area contributed by atoms with E-state index in [0.29, 0.717) is 0 Å². The van der Waals surface area contributed by atoms with Crippen LogP contribution >= 0.6 is 22.9 Å². The highest BCUT2D eigenvalue weighted by Crippen LogP contribution is 2.31. The summed E-state index contributed by atoms with van der Waals surface area (Å²) < 4.78 is 0. The Morgan fingerprint density at radius 2 is 2.25 bits per heavy atom. The zero-order chi connectivity index (χ0) is 14.5. The minimum atomic E-state index is 0.167. The van der Waals surface area contributed by atoms with Gasteiger partial charge < -0.3 is 10.6 Å². The van der Waals surface area contributed by atoms with E-state index in [1.54, 1.807) is 11.3 Å². The highest BCUT2D eigenvalue weighted by Gasteiger charge is 2.14. The van der Waals surface area contributed by atoms with Crippen molar-refractivity contribution in [2.75, 3.05) is 11.9 Å². The fourth-order valence-corrected chi connectivity index (χ4v) is 3.10. The lowest BCUT2D eigenvalue weighted by atomic mass is 10.0. The molecule has 1 aromatic carbocycles. The molecule has 0 amide bonds. The van der Waals surface area contributed by atoms with Crippen molar-refractivity contribution in [3.63, 3.8) is 0 Å². The normalized spacial score (nSPS) is 12.4. The SMILES string of the molecule is CCC(N)Cc1cccc(Cl)c1N(C)Cc1cscn1. The molecule has 108 valence electrons. The largest absolute Gasteiger partial charge is 0.367 e. The molecule has 3 nitrogen and oxygen atoms in total. The zero-order valence-corrected chi connectivity index (χ0v) is 13.4. The first-order valence-corrected chi connectivity index (χ1v) is 8.05. The van der Waals surface area contributed by atoms with Crippen LogP contribution in [0.5, 0.6) is 0 Å². The molecule has 0 spiro atoms. The third-order valence-electron chi connectivity index (χ3n) is 3.34. The van der Waals surface area contributed by atoms with Crippen molar-refractivity contribution in [2.24, 2.45) is 5.73 Å². The van der Waals surface area contributed by atoms with E-state index >= 15 is 0 Å². The first-order chi connectivity index (χ1) is 9.61. The number of benzene rings is 1. The highest BCUT2D eigenvalue weighted by molar-refractivity contribution is 7.07. The van der Waals surface area contributed by atoms with Crippen LogP contribution in [0.1, 0.15) is 24.6 Å². The van der Waals surface area contributed by atoms with Gasteiger partial charge in [-0.3, -0.25) is 0 Å². The van der Waals surface area contributed by atoms with Gasteiger partial charge in [-0.2, -0.15) is 0 Å². The van der Waals surface area contributed by atoms with E-state index in [2.05, 4.69) is 28.3 Å². The lowest BCUT2D eigenvalue weighted by Gasteiger charge is -2.24. The molecule has 0 fully saturated rings. The molecular formula is C15H20ClN3S. The topological polar surface area (TPSA) is 42.1 Å². The Bertz CT molecular complexity index is 542. The molecule has 0 bridgehead atoms. The van der Waals surface area contributed by atoms with E-state index in [0.717, 1.165) is 35.8 Å². The summed E-state index contributed by atoms with van der Waals surface area (Å²) in [7, 11) is 2.04. The van der Waals surface area contributed by atoms with E-state index in [1.807, 2.05) is 24.7 Å². The molecule has 0 saturated heterocycles. The zero-order valence-electron chi connectivity index (χ0n) is 11.8. The fourth-order valence-electron chi connectivity index (χ4n) is 2.22. The molecule has 0 aliphatic heterocycles. The minimum absolute atomic E-state index is 0.167. The summed E-state index contributed by atoms with van der Waals surface area (Å²) in [5, 5.41) is 2.83. The molecule has 1 heterocycles. The van der Waals surface area contributed by atoms with Crippen molar-refractivity contribution in [3.8, 4) is 0 Å². The van der Waals surface area contributed by atoms with Gasteiger partial charge in [0.05, 0.1) is 28.5 Å². The molecule has 0 saturated carbocycles. The summed E-state index contributed by atoms with van der Waals surface area (Å²) in [6.45, 7) is 2.86. The number of hydrogen-bond acceptors (Lipinski definition) is 4. The van der Waals surface area contributed by atoms with E-state index in [1.165, 1.54) is 5.56 Å². The van der Waals surface area contributed by atoms with Gasteiger partial charge >= 0.3 is 0 Å². The van der Waals surface area contributed by atoms with Crippen LogP contribution in [-0.4, -0.2) is 18.1 Å². The summed E-state index contributed by atoms with van der Waals surface area (Å²) in [5.41, 5.74) is 11.3. The van der Waals surface area contributed by atoms with Crippen molar-refractivity contribution in [2.45, 2.75) is 32.4 Å². The van der Waals surface area contributed by atoms with Crippen LogP contribution in [0, 0.1) is 0 Å². The van der Waals surface area contributed by atoms with Crippen LogP contribution in [0.2, 0.25) is 5.02 Å². The van der Waals surface area contributed by atoms with Gasteiger partial charge in [0, 0.05) is 18.5 Å². The lowest BCUT2D eigenvalue weighted by Crippen LogP contribution is -2.24. The lowest BCUT2D eigenvalue weighted by molar-refractivity contribution is 0.645. The van der Waals surface area contributed by atoms with Crippen LogP contribution < -0.4 is 10.6 Å². The van der Waals surface area contributed by atoms with E-state index in [9.17, 15) is 0 Å². The molecule has 0 radical (unpaired) electrons. The molecule has 1 aromatic heterocycles. The van der Waals surface area contributed by atoms with Crippen molar-refractivity contribution in [1.82, 2.24) is 4.98 Å². The number of nitrogens with zero attached hydrogens (tertiary/aromatic N) is 2. The van der Waals surface area contributed by atoms with Gasteiger partial charge in [-0.1, -0.05) is 30.7 Å². The first kappa shape index (κ1) is 15.3. The number of rotatable bonds is 6. The second kappa shape index (κ2) is 7.07. The Balaban J connectivity index is 2.24. The molecule has 20 heavy (non-hydrogen) atoms. The molecule has 1 unspecified atom stereocenters. The number of nitrogens with two attached hydrogens (primary N) is 1. The third-order valence-corrected chi connectivity index (χ3v) is 4.28. The molecule has 2 N–H and O–H groups in total. The molecule has 0 aliphatic rings. The van der Waals surface area contributed by atoms with Crippen molar-refractivity contribution in [3.05, 3.63) is 45.4 Å². The van der Waals surface area contributed by atoms with E-state index < -0.39 is 0 Å². The maximum absolute atomic E-state index is 6.39. The number of anilines is 1. The van der Waals surface area contributed by atoms with Crippen molar-refractivity contribution < 1.29 is 0 Å². The van der Waals surface area contributed by atoms with Crippen LogP contribution in [0.3, 0.4) is 0 Å². The highest BCUT2D eigenvalue weighted by atomic mass is 35.5. The Morgan fingerprint density at radius 1 is 1.45 bits per heavy atom. The first-order valence-electron chi connectivity index (χ1n) is 6.73. The van der Waals surface area contributed by atoms with Gasteiger partial charge in [0.25, 0.3) is 0 Å². The van der Waals surface area contributed by atoms with E-state index in [4.69, 9.17) is 17.3 Å². The van der Waals surface area contributed by atoms with Crippen molar-refractivity contribution >= 4 is 28.6 Å². The summed E-state index contributed by atoms with van der Waals surface area (Å²) in [4.78, 5) is 6.48. The fraction of sp³-hybridized carbons (Fsp3) is 0.400. The average Bonchev–Trinajstić information content (AvgIpc) is 2.91. The van der Waals surface area contributed by atoms with Gasteiger partial charge in [0.1, 0.15) is 0 Å². The number of para-hydroxylation sites is 1. The van der Waals surface area contributed by atoms with Gasteiger partial charge in [-0.05, 0) is 24.5 Å². The smallest absolute Gasteiger partial charge is 0.0795 e. The Labute approximate surface area is 129 Å². The van der Waals surface area contributed by atoms with Gasteiger partial charge in [0.2, 0.25) is 0 Å². The summed E-state index contributed by atoms with van der Waals surface area (Å²) >= 11 is 8.00. The van der Waals surface area contributed by atoms with Crippen LogP contribution in [-0.2, 0) is 13.0 Å². The third kappa shape index (κ3) is 3.72. The summed E-state index contributed by atoms with van der Waals surface area (Å²) in [6, 6.07) is 6.18. The minimum Gasteiger partial charge on any atom is -0.367 e. The molecule has 1 atom stereocenters. The standard InChI is InChI=1S/C15H20ClN3S/c1-3-12(17)7-11-5-4-6-14(16)15(11)19(2)8-13-9-20-10-18-13/h4-6,9-10,12H,3,7-8,17H2,1-2H3. The second-order valence-electron chi connectivity index (χ2n) is 4.96. The van der Waals surface area contributed by atoms with Gasteiger partial charge in [0.15, 0.2) is 0 Å². The molecular weight excluding hydrogens is 290 g/mol.